The zero-order valence-corrected chi connectivity index (χ0v) is 9.38. The van der Waals surface area contributed by atoms with Gasteiger partial charge in [0.1, 0.15) is 11.6 Å². The average Bonchev–Trinajstić information content (AvgIpc) is 2.29. The number of rotatable bonds is 2. The van der Waals surface area contributed by atoms with Gasteiger partial charge in [-0.25, -0.2) is 9.97 Å². The molecule has 2 N–H and O–H groups in total. The highest BCUT2D eigenvalue weighted by atomic mass is 15.1. The SMILES string of the molecule is CNc1cc(C)nc(C2CCCCN2)n1. The molecule has 0 aliphatic carbocycles. The fourth-order valence-electron chi connectivity index (χ4n) is 1.95. The maximum atomic E-state index is 4.49. The third kappa shape index (κ3) is 2.45. The van der Waals surface area contributed by atoms with Crippen molar-refractivity contribution >= 4 is 5.82 Å². The summed E-state index contributed by atoms with van der Waals surface area (Å²) in [6.45, 7) is 3.09. The van der Waals surface area contributed by atoms with Gasteiger partial charge in [0.15, 0.2) is 0 Å². The molecule has 1 aliphatic rings. The standard InChI is InChI=1S/C11H18N4/c1-8-7-10(12-2)15-11(14-8)9-5-3-4-6-13-9/h7,9,13H,3-6H2,1-2H3,(H,12,14,15). The van der Waals surface area contributed by atoms with Crippen molar-refractivity contribution in [2.24, 2.45) is 0 Å². The molecule has 0 aromatic carbocycles. The highest BCUT2D eigenvalue weighted by Gasteiger charge is 2.17. The van der Waals surface area contributed by atoms with Gasteiger partial charge < -0.3 is 10.6 Å². The Hall–Kier alpha value is -1.16. The molecular weight excluding hydrogens is 188 g/mol. The van der Waals surface area contributed by atoms with Gasteiger partial charge in [-0.1, -0.05) is 6.42 Å². The first-order valence-corrected chi connectivity index (χ1v) is 5.56. The van der Waals surface area contributed by atoms with E-state index in [4.69, 9.17) is 0 Å². The molecule has 2 heterocycles. The van der Waals surface area contributed by atoms with Crippen molar-refractivity contribution in [3.05, 3.63) is 17.6 Å². The Morgan fingerprint density at radius 1 is 1.40 bits per heavy atom. The predicted octanol–water partition coefficient (Wildman–Crippen LogP) is 1.64. The fourth-order valence-corrected chi connectivity index (χ4v) is 1.95. The number of nitrogens with one attached hydrogen (secondary N) is 2. The number of nitrogens with zero attached hydrogens (tertiary/aromatic N) is 2. The second kappa shape index (κ2) is 4.57. The smallest absolute Gasteiger partial charge is 0.147 e. The molecule has 82 valence electrons. The van der Waals surface area contributed by atoms with Crippen LogP contribution in [-0.4, -0.2) is 23.6 Å². The van der Waals surface area contributed by atoms with Crippen LogP contribution in [0.5, 0.6) is 0 Å². The van der Waals surface area contributed by atoms with E-state index in [0.717, 1.165) is 30.3 Å². The number of aryl methyl sites for hydroxylation is 1. The second-order valence-corrected chi connectivity index (χ2v) is 4.01. The molecule has 1 fully saturated rings. The summed E-state index contributed by atoms with van der Waals surface area (Å²) in [4.78, 5) is 8.98. The molecule has 1 unspecified atom stereocenters. The number of hydrogen-bond donors (Lipinski definition) is 2. The number of piperidine rings is 1. The molecule has 1 aromatic rings. The average molecular weight is 206 g/mol. The minimum absolute atomic E-state index is 0.339. The maximum absolute atomic E-state index is 4.49. The Kier molecular flexibility index (Phi) is 3.16. The topological polar surface area (TPSA) is 49.8 Å². The van der Waals surface area contributed by atoms with Gasteiger partial charge in [0.2, 0.25) is 0 Å². The Balaban J connectivity index is 2.22. The number of aromatic nitrogens is 2. The monoisotopic (exact) mass is 206 g/mol. The molecule has 0 saturated carbocycles. The minimum Gasteiger partial charge on any atom is -0.373 e. The summed E-state index contributed by atoms with van der Waals surface area (Å²) in [6.07, 6.45) is 3.68. The van der Waals surface area contributed by atoms with Crippen LogP contribution in [0, 0.1) is 6.92 Å². The van der Waals surface area contributed by atoms with Gasteiger partial charge in [0, 0.05) is 18.8 Å². The fraction of sp³-hybridized carbons (Fsp3) is 0.636. The summed E-state index contributed by atoms with van der Waals surface area (Å²) in [5, 5.41) is 6.53. The summed E-state index contributed by atoms with van der Waals surface area (Å²) in [5.41, 5.74) is 1.02. The summed E-state index contributed by atoms with van der Waals surface area (Å²) in [6, 6.07) is 2.30. The Labute approximate surface area is 90.5 Å². The van der Waals surface area contributed by atoms with E-state index in [-0.39, 0.29) is 0 Å². The van der Waals surface area contributed by atoms with Crippen molar-refractivity contribution in [2.75, 3.05) is 18.9 Å². The molecular formula is C11H18N4. The first kappa shape index (κ1) is 10.4. The lowest BCUT2D eigenvalue weighted by Gasteiger charge is -2.22. The molecule has 0 bridgehead atoms. The molecule has 0 radical (unpaired) electrons. The zero-order chi connectivity index (χ0) is 10.7. The minimum atomic E-state index is 0.339. The lowest BCUT2D eigenvalue weighted by atomic mass is 10.0. The predicted molar refractivity (Wildman–Crippen MR) is 60.9 cm³/mol. The van der Waals surface area contributed by atoms with Crippen molar-refractivity contribution in [2.45, 2.75) is 32.2 Å². The van der Waals surface area contributed by atoms with Crippen LogP contribution in [0.25, 0.3) is 0 Å². The molecule has 1 aliphatic heterocycles. The molecule has 1 aromatic heterocycles. The van der Waals surface area contributed by atoms with E-state index >= 15 is 0 Å². The van der Waals surface area contributed by atoms with Crippen LogP contribution in [0.2, 0.25) is 0 Å². The van der Waals surface area contributed by atoms with Gasteiger partial charge in [0.05, 0.1) is 6.04 Å². The number of hydrogen-bond acceptors (Lipinski definition) is 4. The molecule has 1 saturated heterocycles. The molecule has 2 rings (SSSR count). The summed E-state index contributed by atoms with van der Waals surface area (Å²) in [7, 11) is 1.89. The summed E-state index contributed by atoms with van der Waals surface area (Å²) in [5.74, 6) is 1.84. The number of anilines is 1. The van der Waals surface area contributed by atoms with Crippen molar-refractivity contribution in [1.82, 2.24) is 15.3 Å². The highest BCUT2D eigenvalue weighted by molar-refractivity contribution is 5.35. The maximum Gasteiger partial charge on any atom is 0.147 e. The van der Waals surface area contributed by atoms with Gasteiger partial charge in [-0.3, -0.25) is 0 Å². The van der Waals surface area contributed by atoms with Crippen LogP contribution < -0.4 is 10.6 Å². The van der Waals surface area contributed by atoms with Gasteiger partial charge in [0.25, 0.3) is 0 Å². The molecule has 15 heavy (non-hydrogen) atoms. The van der Waals surface area contributed by atoms with Crippen molar-refractivity contribution in [3.8, 4) is 0 Å². The lowest BCUT2D eigenvalue weighted by molar-refractivity contribution is 0.397. The van der Waals surface area contributed by atoms with E-state index in [0.29, 0.717) is 6.04 Å². The van der Waals surface area contributed by atoms with E-state index in [1.165, 1.54) is 12.8 Å². The molecule has 4 nitrogen and oxygen atoms in total. The van der Waals surface area contributed by atoms with Gasteiger partial charge >= 0.3 is 0 Å². The summed E-state index contributed by atoms with van der Waals surface area (Å²) >= 11 is 0. The van der Waals surface area contributed by atoms with Crippen LogP contribution in [-0.2, 0) is 0 Å². The largest absolute Gasteiger partial charge is 0.373 e. The van der Waals surface area contributed by atoms with Gasteiger partial charge in [-0.2, -0.15) is 0 Å². The van der Waals surface area contributed by atoms with E-state index < -0.39 is 0 Å². The van der Waals surface area contributed by atoms with Gasteiger partial charge in [-0.05, 0) is 26.3 Å². The van der Waals surface area contributed by atoms with Crippen LogP contribution in [0.4, 0.5) is 5.82 Å². The van der Waals surface area contributed by atoms with E-state index in [1.807, 2.05) is 20.0 Å². The lowest BCUT2D eigenvalue weighted by Crippen LogP contribution is -2.28. The molecule has 0 amide bonds. The molecule has 4 heteroatoms. The van der Waals surface area contributed by atoms with E-state index in [1.54, 1.807) is 0 Å². The molecule has 1 atom stereocenters. The van der Waals surface area contributed by atoms with Crippen molar-refractivity contribution < 1.29 is 0 Å². The quantitative estimate of drug-likeness (QED) is 0.772. The second-order valence-electron chi connectivity index (χ2n) is 4.01. The van der Waals surface area contributed by atoms with E-state index in [2.05, 4.69) is 20.6 Å². The van der Waals surface area contributed by atoms with Crippen LogP contribution in [0.15, 0.2) is 6.07 Å². The van der Waals surface area contributed by atoms with Crippen LogP contribution >= 0.6 is 0 Å². The van der Waals surface area contributed by atoms with Gasteiger partial charge in [-0.15, -0.1) is 0 Å². The molecule has 0 spiro atoms. The first-order valence-electron chi connectivity index (χ1n) is 5.56. The van der Waals surface area contributed by atoms with Crippen LogP contribution in [0.3, 0.4) is 0 Å². The van der Waals surface area contributed by atoms with Crippen LogP contribution in [0.1, 0.15) is 36.8 Å². The normalized spacial score (nSPS) is 21.3. The third-order valence-corrected chi connectivity index (χ3v) is 2.75. The first-order chi connectivity index (χ1) is 7.29. The Morgan fingerprint density at radius 3 is 2.93 bits per heavy atom. The highest BCUT2D eigenvalue weighted by Crippen LogP contribution is 2.21. The Bertz CT molecular complexity index is 331. The third-order valence-electron chi connectivity index (χ3n) is 2.75. The van der Waals surface area contributed by atoms with Crippen molar-refractivity contribution in [1.29, 1.82) is 0 Å². The zero-order valence-electron chi connectivity index (χ0n) is 9.38. The Morgan fingerprint density at radius 2 is 2.27 bits per heavy atom. The van der Waals surface area contributed by atoms with Crippen molar-refractivity contribution in [3.63, 3.8) is 0 Å². The summed E-state index contributed by atoms with van der Waals surface area (Å²) < 4.78 is 0. The van der Waals surface area contributed by atoms with E-state index in [9.17, 15) is 0 Å².